The molecule has 0 bridgehead atoms. The molecule has 1 amide bonds. The molecule has 2 heterocycles. The number of likely N-dealkylation sites (tertiary alicyclic amines) is 1. The molecule has 0 radical (unpaired) electrons. The van der Waals surface area contributed by atoms with Crippen molar-refractivity contribution in [2.45, 2.75) is 52.2 Å². The number of nitrogens with zero attached hydrogens (tertiary/aromatic N) is 4. The SMILES string of the molecule is Cc1nc2ccccc2n1Cc1ccc(C(=O)N(C)C2CCN(C(C)C)CC2)cc1Cl. The number of aryl methyl sites for hydroxylation is 1. The first-order valence-electron chi connectivity index (χ1n) is 11.1. The van der Waals surface area contributed by atoms with Crippen molar-refractivity contribution < 1.29 is 4.79 Å². The van der Waals surface area contributed by atoms with Gasteiger partial charge in [-0.25, -0.2) is 4.98 Å². The number of halogens is 1. The number of amides is 1. The number of hydrogen-bond acceptors (Lipinski definition) is 3. The summed E-state index contributed by atoms with van der Waals surface area (Å²) in [6.07, 6.45) is 2.03. The van der Waals surface area contributed by atoms with E-state index in [9.17, 15) is 4.79 Å². The minimum atomic E-state index is 0.0423. The van der Waals surface area contributed by atoms with Crippen molar-refractivity contribution in [3.05, 3.63) is 64.4 Å². The van der Waals surface area contributed by atoms with E-state index in [4.69, 9.17) is 11.6 Å². The fourth-order valence-corrected chi connectivity index (χ4v) is 4.77. The quantitative estimate of drug-likeness (QED) is 0.563. The Labute approximate surface area is 189 Å². The molecule has 0 aliphatic carbocycles. The second-order valence-corrected chi connectivity index (χ2v) is 9.22. The largest absolute Gasteiger partial charge is 0.339 e. The van der Waals surface area contributed by atoms with Crippen LogP contribution < -0.4 is 0 Å². The van der Waals surface area contributed by atoms with E-state index in [1.807, 2.05) is 55.3 Å². The lowest BCUT2D eigenvalue weighted by Crippen LogP contribution is -2.47. The molecule has 1 aromatic heterocycles. The minimum absolute atomic E-state index is 0.0423. The summed E-state index contributed by atoms with van der Waals surface area (Å²) in [6, 6.07) is 14.6. The molecule has 3 aromatic rings. The second-order valence-electron chi connectivity index (χ2n) is 8.82. The highest BCUT2D eigenvalue weighted by Crippen LogP contribution is 2.25. The van der Waals surface area contributed by atoms with Crippen molar-refractivity contribution in [3.63, 3.8) is 0 Å². The van der Waals surface area contributed by atoms with Gasteiger partial charge in [-0.15, -0.1) is 0 Å². The summed E-state index contributed by atoms with van der Waals surface area (Å²) >= 11 is 6.63. The predicted molar refractivity (Wildman–Crippen MR) is 127 cm³/mol. The van der Waals surface area contributed by atoms with E-state index in [0.29, 0.717) is 23.2 Å². The third-order valence-corrected chi connectivity index (χ3v) is 6.92. The highest BCUT2D eigenvalue weighted by Gasteiger charge is 2.27. The zero-order valence-electron chi connectivity index (χ0n) is 18.8. The number of carbonyl (C=O) groups is 1. The maximum Gasteiger partial charge on any atom is 0.253 e. The lowest BCUT2D eigenvalue weighted by Gasteiger charge is -2.38. The van der Waals surface area contributed by atoms with Gasteiger partial charge in [-0.1, -0.05) is 29.8 Å². The zero-order valence-corrected chi connectivity index (χ0v) is 19.6. The number of aromatic nitrogens is 2. The third-order valence-electron chi connectivity index (χ3n) is 6.57. The highest BCUT2D eigenvalue weighted by molar-refractivity contribution is 6.31. The summed E-state index contributed by atoms with van der Waals surface area (Å²) in [5.74, 6) is 0.991. The number of imidazole rings is 1. The van der Waals surface area contributed by atoms with Crippen molar-refractivity contribution in [1.82, 2.24) is 19.4 Å². The van der Waals surface area contributed by atoms with E-state index >= 15 is 0 Å². The van der Waals surface area contributed by atoms with Crippen LogP contribution in [0.1, 0.15) is 48.4 Å². The number of fused-ring (bicyclic) bond motifs is 1. The molecule has 0 saturated carbocycles. The number of para-hydroxylation sites is 2. The van der Waals surface area contributed by atoms with Gasteiger partial charge in [0.05, 0.1) is 17.6 Å². The normalized spacial score (nSPS) is 15.7. The molecule has 0 N–H and O–H groups in total. The first-order valence-corrected chi connectivity index (χ1v) is 11.4. The van der Waals surface area contributed by atoms with Crippen molar-refractivity contribution in [2.24, 2.45) is 0 Å². The Morgan fingerprint density at radius 2 is 1.90 bits per heavy atom. The Hall–Kier alpha value is -2.37. The van der Waals surface area contributed by atoms with Crippen LogP contribution in [0.15, 0.2) is 42.5 Å². The van der Waals surface area contributed by atoms with Gasteiger partial charge in [-0.05, 0) is 63.4 Å². The lowest BCUT2D eigenvalue weighted by atomic mass is 10.0. The van der Waals surface area contributed by atoms with Crippen molar-refractivity contribution in [1.29, 1.82) is 0 Å². The summed E-state index contributed by atoms with van der Waals surface area (Å²) in [5, 5.41) is 0.617. The van der Waals surface area contributed by atoms with Crippen LogP contribution in [0, 0.1) is 6.92 Å². The van der Waals surface area contributed by atoms with Gasteiger partial charge in [0.2, 0.25) is 0 Å². The average molecular weight is 439 g/mol. The van der Waals surface area contributed by atoms with Gasteiger partial charge in [0, 0.05) is 42.8 Å². The molecule has 5 nitrogen and oxygen atoms in total. The predicted octanol–water partition coefficient (Wildman–Crippen LogP) is 4.99. The Balaban J connectivity index is 1.48. The third kappa shape index (κ3) is 4.48. The summed E-state index contributed by atoms with van der Waals surface area (Å²) in [6.45, 7) is 9.17. The van der Waals surface area contributed by atoms with Gasteiger partial charge in [0.25, 0.3) is 5.91 Å². The van der Waals surface area contributed by atoms with Crippen LogP contribution in [0.4, 0.5) is 0 Å². The van der Waals surface area contributed by atoms with E-state index in [-0.39, 0.29) is 11.9 Å². The van der Waals surface area contributed by atoms with Crippen LogP contribution in [0.2, 0.25) is 5.02 Å². The molecule has 164 valence electrons. The first-order chi connectivity index (χ1) is 14.8. The highest BCUT2D eigenvalue weighted by atomic mass is 35.5. The van der Waals surface area contributed by atoms with Gasteiger partial charge in [-0.2, -0.15) is 0 Å². The zero-order chi connectivity index (χ0) is 22.1. The molecule has 4 rings (SSSR count). The Morgan fingerprint density at radius 3 is 2.58 bits per heavy atom. The topological polar surface area (TPSA) is 41.4 Å². The van der Waals surface area contributed by atoms with E-state index in [1.165, 1.54) is 0 Å². The molecule has 0 spiro atoms. The maximum atomic E-state index is 13.1. The van der Waals surface area contributed by atoms with Crippen molar-refractivity contribution >= 4 is 28.5 Å². The van der Waals surface area contributed by atoms with Gasteiger partial charge >= 0.3 is 0 Å². The fraction of sp³-hybridized carbons (Fsp3) is 0.440. The van der Waals surface area contributed by atoms with Crippen LogP contribution in [0.3, 0.4) is 0 Å². The van der Waals surface area contributed by atoms with Gasteiger partial charge in [-0.3, -0.25) is 4.79 Å². The summed E-state index contributed by atoms with van der Waals surface area (Å²) in [5.41, 5.74) is 3.70. The molecule has 1 aliphatic heterocycles. The molecule has 6 heteroatoms. The summed E-state index contributed by atoms with van der Waals surface area (Å²) < 4.78 is 2.16. The van der Waals surface area contributed by atoms with Gasteiger partial charge in [0.15, 0.2) is 0 Å². The number of carbonyl (C=O) groups excluding carboxylic acids is 1. The first kappa shape index (κ1) is 21.8. The average Bonchev–Trinajstić information content (AvgIpc) is 3.09. The van der Waals surface area contributed by atoms with Gasteiger partial charge in [0.1, 0.15) is 5.82 Å². The summed E-state index contributed by atoms with van der Waals surface area (Å²) in [7, 11) is 1.92. The summed E-state index contributed by atoms with van der Waals surface area (Å²) in [4.78, 5) is 22.1. The Morgan fingerprint density at radius 1 is 1.19 bits per heavy atom. The smallest absolute Gasteiger partial charge is 0.253 e. The number of benzene rings is 2. The molecule has 0 atom stereocenters. The molecule has 1 saturated heterocycles. The molecular weight excluding hydrogens is 408 g/mol. The standard InChI is InChI=1S/C25H31ClN4O/c1-17(2)29-13-11-21(12-14-29)28(4)25(31)19-9-10-20(22(26)15-19)16-30-18(3)27-23-7-5-6-8-24(23)30/h5-10,15,17,21H,11-14,16H2,1-4H3. The van der Waals surface area contributed by atoms with E-state index < -0.39 is 0 Å². The molecule has 1 aliphatic rings. The molecule has 1 fully saturated rings. The van der Waals surface area contributed by atoms with E-state index in [2.05, 4.69) is 34.4 Å². The number of rotatable bonds is 5. The molecule has 31 heavy (non-hydrogen) atoms. The number of hydrogen-bond donors (Lipinski definition) is 0. The van der Waals surface area contributed by atoms with Crippen LogP contribution >= 0.6 is 11.6 Å². The molecule has 2 aromatic carbocycles. The Kier molecular flexibility index (Phi) is 6.35. The molecule has 0 unspecified atom stereocenters. The molecular formula is C25H31ClN4O. The Bertz CT molecular complexity index is 1080. The van der Waals surface area contributed by atoms with Gasteiger partial charge < -0.3 is 14.4 Å². The van der Waals surface area contributed by atoms with E-state index in [0.717, 1.165) is 48.4 Å². The monoisotopic (exact) mass is 438 g/mol. The maximum absolute atomic E-state index is 13.1. The van der Waals surface area contributed by atoms with Crippen LogP contribution in [0.25, 0.3) is 11.0 Å². The van der Waals surface area contributed by atoms with Crippen molar-refractivity contribution in [3.8, 4) is 0 Å². The van der Waals surface area contributed by atoms with E-state index in [1.54, 1.807) is 0 Å². The minimum Gasteiger partial charge on any atom is -0.339 e. The lowest BCUT2D eigenvalue weighted by molar-refractivity contribution is 0.0615. The number of piperidine rings is 1. The van der Waals surface area contributed by atoms with Crippen molar-refractivity contribution in [2.75, 3.05) is 20.1 Å². The van der Waals surface area contributed by atoms with Crippen LogP contribution in [-0.4, -0.2) is 57.5 Å². The fourth-order valence-electron chi connectivity index (χ4n) is 4.53. The van der Waals surface area contributed by atoms with Crippen LogP contribution in [-0.2, 0) is 6.54 Å². The second kappa shape index (κ2) is 9.01. The van der Waals surface area contributed by atoms with Crippen LogP contribution in [0.5, 0.6) is 0 Å².